The van der Waals surface area contributed by atoms with Gasteiger partial charge in [0, 0.05) is 33.9 Å². The third kappa shape index (κ3) is 7.98. The molecule has 0 spiro atoms. The number of rotatable bonds is 7. The topological polar surface area (TPSA) is 61.8 Å². The number of nitrogens with one attached hydrogen (secondary N) is 2. The summed E-state index contributed by atoms with van der Waals surface area (Å²) in [5, 5.41) is 6.49. The molecule has 0 saturated carbocycles. The van der Waals surface area contributed by atoms with Crippen molar-refractivity contribution in [1.29, 1.82) is 0 Å². The zero-order valence-corrected chi connectivity index (χ0v) is 18.4. The van der Waals surface area contributed by atoms with Crippen LogP contribution in [0.4, 0.5) is 10.2 Å². The predicted octanol–water partition coefficient (Wildman–Crippen LogP) is 3.04. The summed E-state index contributed by atoms with van der Waals surface area (Å²) in [5.74, 6) is 1.95. The summed E-state index contributed by atoms with van der Waals surface area (Å²) < 4.78 is 18.7. The number of aliphatic imine (C=N–C) groups is 1. The van der Waals surface area contributed by atoms with Crippen molar-refractivity contribution < 1.29 is 9.13 Å². The van der Waals surface area contributed by atoms with Crippen molar-refractivity contribution in [3.8, 4) is 5.75 Å². The Morgan fingerprint density at radius 3 is 2.56 bits per heavy atom. The van der Waals surface area contributed by atoms with E-state index in [-0.39, 0.29) is 35.9 Å². The quantitative estimate of drug-likeness (QED) is 0.357. The predicted molar refractivity (Wildman–Crippen MR) is 119 cm³/mol. The fourth-order valence-electron chi connectivity index (χ4n) is 2.25. The molecule has 2 rings (SSSR count). The van der Waals surface area contributed by atoms with Crippen LogP contribution in [-0.4, -0.2) is 44.7 Å². The van der Waals surface area contributed by atoms with Crippen molar-refractivity contribution in [3.63, 3.8) is 0 Å². The van der Waals surface area contributed by atoms with E-state index >= 15 is 0 Å². The number of hydrogen-bond acceptors (Lipinski definition) is 4. The Balaban J connectivity index is 0.00000364. The lowest BCUT2D eigenvalue weighted by Gasteiger charge is -2.18. The van der Waals surface area contributed by atoms with E-state index in [9.17, 15) is 4.39 Å². The van der Waals surface area contributed by atoms with Crippen LogP contribution in [0.15, 0.2) is 47.6 Å². The number of nitrogens with zero attached hydrogens (tertiary/aromatic N) is 3. The van der Waals surface area contributed by atoms with E-state index in [4.69, 9.17) is 4.74 Å². The van der Waals surface area contributed by atoms with Gasteiger partial charge in [0.2, 0.25) is 0 Å². The standard InChI is InChI=1S/C19H26FN5O.HI/c1-14(26-17-7-5-16(20)6-8-17)12-23-19(21-2)24-13-15-9-10-22-18(11-15)25(3)4;/h5-11,14H,12-13H2,1-4H3,(H2,21,23,24);1H. The van der Waals surface area contributed by atoms with Gasteiger partial charge in [-0.25, -0.2) is 9.37 Å². The minimum absolute atomic E-state index is 0. The highest BCUT2D eigenvalue weighted by Crippen LogP contribution is 2.12. The molecule has 1 unspecified atom stereocenters. The summed E-state index contributed by atoms with van der Waals surface area (Å²) in [6, 6.07) is 9.99. The van der Waals surface area contributed by atoms with Crippen LogP contribution in [0.5, 0.6) is 5.75 Å². The van der Waals surface area contributed by atoms with Gasteiger partial charge in [-0.2, -0.15) is 0 Å². The summed E-state index contributed by atoms with van der Waals surface area (Å²) in [6.45, 7) is 3.14. The van der Waals surface area contributed by atoms with Crippen molar-refractivity contribution in [2.45, 2.75) is 19.6 Å². The number of aromatic nitrogens is 1. The van der Waals surface area contributed by atoms with Crippen LogP contribution >= 0.6 is 24.0 Å². The molecule has 0 aliphatic carbocycles. The normalized spacial score (nSPS) is 12.0. The maximum Gasteiger partial charge on any atom is 0.191 e. The summed E-state index contributed by atoms with van der Waals surface area (Å²) in [5.41, 5.74) is 1.11. The summed E-state index contributed by atoms with van der Waals surface area (Å²) in [7, 11) is 5.64. The van der Waals surface area contributed by atoms with Crippen LogP contribution in [0.1, 0.15) is 12.5 Å². The lowest BCUT2D eigenvalue weighted by atomic mass is 10.2. The Morgan fingerprint density at radius 1 is 1.22 bits per heavy atom. The molecule has 27 heavy (non-hydrogen) atoms. The second-order valence-electron chi connectivity index (χ2n) is 6.11. The molecule has 148 valence electrons. The van der Waals surface area contributed by atoms with Crippen molar-refractivity contribution in [1.82, 2.24) is 15.6 Å². The van der Waals surface area contributed by atoms with E-state index in [2.05, 4.69) is 20.6 Å². The lowest BCUT2D eigenvalue weighted by Crippen LogP contribution is -2.41. The number of ether oxygens (including phenoxy) is 1. The Labute approximate surface area is 177 Å². The number of halogens is 2. The molecule has 2 aromatic rings. The van der Waals surface area contributed by atoms with Gasteiger partial charge >= 0.3 is 0 Å². The van der Waals surface area contributed by atoms with Gasteiger partial charge in [0.05, 0.1) is 6.54 Å². The molecule has 1 aromatic heterocycles. The highest BCUT2D eigenvalue weighted by atomic mass is 127. The molecule has 0 fully saturated rings. The molecule has 0 aliphatic heterocycles. The summed E-state index contributed by atoms with van der Waals surface area (Å²) in [6.07, 6.45) is 1.70. The van der Waals surface area contributed by atoms with E-state index in [1.165, 1.54) is 12.1 Å². The van der Waals surface area contributed by atoms with Crippen LogP contribution in [-0.2, 0) is 6.54 Å². The largest absolute Gasteiger partial charge is 0.489 e. The maximum atomic E-state index is 12.9. The molecular weight excluding hydrogens is 460 g/mol. The van der Waals surface area contributed by atoms with E-state index in [0.717, 1.165) is 11.4 Å². The average molecular weight is 487 g/mol. The zero-order chi connectivity index (χ0) is 18.9. The number of guanidine groups is 1. The number of hydrogen-bond donors (Lipinski definition) is 2. The fourth-order valence-corrected chi connectivity index (χ4v) is 2.25. The molecule has 1 atom stereocenters. The number of anilines is 1. The second kappa shape index (κ2) is 11.6. The number of pyridine rings is 1. The molecular formula is C19H27FIN5O. The molecule has 0 amide bonds. The third-order valence-corrected chi connectivity index (χ3v) is 3.66. The van der Waals surface area contributed by atoms with Gasteiger partial charge in [-0.1, -0.05) is 0 Å². The van der Waals surface area contributed by atoms with Crippen LogP contribution in [0.2, 0.25) is 0 Å². The van der Waals surface area contributed by atoms with Crippen molar-refractivity contribution in [2.75, 3.05) is 32.6 Å². The molecule has 0 saturated heterocycles. The van der Waals surface area contributed by atoms with E-state index in [1.54, 1.807) is 25.4 Å². The highest BCUT2D eigenvalue weighted by molar-refractivity contribution is 14.0. The molecule has 6 nitrogen and oxygen atoms in total. The Kier molecular flexibility index (Phi) is 9.84. The van der Waals surface area contributed by atoms with E-state index in [0.29, 0.717) is 24.8 Å². The van der Waals surface area contributed by atoms with Gasteiger partial charge in [0.25, 0.3) is 0 Å². The molecule has 1 heterocycles. The minimum Gasteiger partial charge on any atom is -0.489 e. The summed E-state index contributed by atoms with van der Waals surface area (Å²) >= 11 is 0. The highest BCUT2D eigenvalue weighted by Gasteiger charge is 2.06. The van der Waals surface area contributed by atoms with Crippen LogP contribution in [0, 0.1) is 5.82 Å². The van der Waals surface area contributed by atoms with Crippen LogP contribution in [0.25, 0.3) is 0 Å². The first-order valence-electron chi connectivity index (χ1n) is 8.47. The molecule has 0 bridgehead atoms. The summed E-state index contributed by atoms with van der Waals surface area (Å²) in [4.78, 5) is 10.5. The maximum absolute atomic E-state index is 12.9. The molecule has 0 aliphatic rings. The lowest BCUT2D eigenvalue weighted by molar-refractivity contribution is 0.223. The van der Waals surface area contributed by atoms with E-state index < -0.39 is 0 Å². The van der Waals surface area contributed by atoms with Gasteiger partial charge in [-0.15, -0.1) is 24.0 Å². The van der Waals surface area contributed by atoms with Gasteiger partial charge in [0.15, 0.2) is 5.96 Å². The fraction of sp³-hybridized carbons (Fsp3) is 0.368. The Hall–Kier alpha value is -2.10. The first-order valence-corrected chi connectivity index (χ1v) is 8.47. The van der Waals surface area contributed by atoms with Crippen molar-refractivity contribution in [3.05, 3.63) is 54.0 Å². The Bertz CT molecular complexity index is 724. The molecule has 2 N–H and O–H groups in total. The molecule has 0 radical (unpaired) electrons. The first kappa shape index (κ1) is 22.9. The first-order chi connectivity index (χ1) is 12.5. The van der Waals surface area contributed by atoms with Crippen molar-refractivity contribution >= 4 is 35.8 Å². The molecule has 1 aromatic carbocycles. The minimum atomic E-state index is -0.277. The SMILES string of the molecule is CN=C(NCc1ccnc(N(C)C)c1)NCC(C)Oc1ccc(F)cc1.I. The number of benzene rings is 1. The average Bonchev–Trinajstić information content (AvgIpc) is 2.64. The van der Waals surface area contributed by atoms with E-state index in [1.807, 2.05) is 38.1 Å². The second-order valence-corrected chi connectivity index (χ2v) is 6.11. The van der Waals surface area contributed by atoms with Gasteiger partial charge < -0.3 is 20.3 Å². The van der Waals surface area contributed by atoms with Crippen LogP contribution < -0.4 is 20.3 Å². The van der Waals surface area contributed by atoms with Crippen molar-refractivity contribution in [2.24, 2.45) is 4.99 Å². The van der Waals surface area contributed by atoms with Gasteiger partial charge in [-0.05, 0) is 48.9 Å². The van der Waals surface area contributed by atoms with Gasteiger partial charge in [0.1, 0.15) is 23.5 Å². The van der Waals surface area contributed by atoms with Crippen LogP contribution in [0.3, 0.4) is 0 Å². The van der Waals surface area contributed by atoms with Gasteiger partial charge in [-0.3, -0.25) is 4.99 Å². The smallest absolute Gasteiger partial charge is 0.191 e. The monoisotopic (exact) mass is 487 g/mol. The zero-order valence-electron chi connectivity index (χ0n) is 16.1. The third-order valence-electron chi connectivity index (χ3n) is 3.66. The molecule has 8 heteroatoms. The Morgan fingerprint density at radius 2 is 1.93 bits per heavy atom.